The summed E-state index contributed by atoms with van der Waals surface area (Å²) in [6.07, 6.45) is -0.310. The van der Waals surface area contributed by atoms with E-state index in [4.69, 9.17) is 5.11 Å². The second kappa shape index (κ2) is 7.08. The molecule has 25 heavy (non-hydrogen) atoms. The molecular weight excluding hydrogens is 327 g/mol. The normalized spacial score (nSPS) is 12.0. The van der Waals surface area contributed by atoms with Gasteiger partial charge in [0.05, 0.1) is 18.0 Å². The van der Waals surface area contributed by atoms with E-state index in [2.05, 4.69) is 15.6 Å². The Morgan fingerprint density at radius 1 is 1.16 bits per heavy atom. The molecule has 8 heteroatoms. The number of hydrogen-bond donors (Lipinski definition) is 2. The first-order valence-corrected chi connectivity index (χ1v) is 7.58. The van der Waals surface area contributed by atoms with E-state index in [1.54, 1.807) is 12.1 Å². The van der Waals surface area contributed by atoms with Gasteiger partial charge in [0, 0.05) is 0 Å². The van der Waals surface area contributed by atoms with Gasteiger partial charge in [-0.15, -0.1) is 5.10 Å². The molecule has 0 aliphatic rings. The number of carboxylic acid groups (broad SMARTS) is 1. The van der Waals surface area contributed by atoms with Crippen molar-refractivity contribution in [1.29, 1.82) is 0 Å². The molecule has 0 saturated heterocycles. The van der Waals surface area contributed by atoms with Crippen molar-refractivity contribution in [3.05, 3.63) is 59.9 Å². The Morgan fingerprint density at radius 3 is 2.60 bits per heavy atom. The van der Waals surface area contributed by atoms with Crippen LogP contribution in [-0.4, -0.2) is 32.0 Å². The number of carbonyl (C=O) groups is 2. The van der Waals surface area contributed by atoms with Crippen molar-refractivity contribution in [1.82, 2.24) is 20.3 Å². The van der Waals surface area contributed by atoms with E-state index in [1.165, 1.54) is 28.9 Å². The molecule has 0 spiro atoms. The van der Waals surface area contributed by atoms with Crippen LogP contribution < -0.4 is 5.32 Å². The molecule has 0 aliphatic heterocycles. The number of benzene rings is 2. The lowest BCUT2D eigenvalue weighted by Crippen LogP contribution is -2.33. The van der Waals surface area contributed by atoms with Crippen LogP contribution in [0.4, 0.5) is 4.39 Å². The highest BCUT2D eigenvalue weighted by atomic mass is 19.1. The molecule has 1 heterocycles. The molecule has 0 bridgehead atoms. The SMILES string of the molecule is O=C(O)C[C@@H](NC(=O)Cn1nnc2ccccc21)c1ccc(F)cc1. The van der Waals surface area contributed by atoms with Gasteiger partial charge < -0.3 is 10.4 Å². The third-order valence-electron chi connectivity index (χ3n) is 3.70. The lowest BCUT2D eigenvalue weighted by atomic mass is 10.0. The van der Waals surface area contributed by atoms with Crippen molar-refractivity contribution in [3.8, 4) is 0 Å². The molecule has 0 radical (unpaired) electrons. The number of aromatic nitrogens is 3. The number of hydrogen-bond acceptors (Lipinski definition) is 4. The molecule has 1 atom stereocenters. The van der Waals surface area contributed by atoms with Crippen LogP contribution in [0.3, 0.4) is 0 Å². The summed E-state index contributed by atoms with van der Waals surface area (Å²) in [6.45, 7) is -0.0994. The van der Waals surface area contributed by atoms with Crippen LogP contribution in [0.2, 0.25) is 0 Å². The second-order valence-corrected chi connectivity index (χ2v) is 5.51. The van der Waals surface area contributed by atoms with Gasteiger partial charge in [-0.05, 0) is 29.8 Å². The lowest BCUT2D eigenvalue weighted by Gasteiger charge is -2.17. The summed E-state index contributed by atoms with van der Waals surface area (Å²) in [4.78, 5) is 23.4. The van der Waals surface area contributed by atoms with Crippen LogP contribution in [0.5, 0.6) is 0 Å². The number of nitrogens with one attached hydrogen (secondary N) is 1. The number of amides is 1. The maximum absolute atomic E-state index is 13.1. The molecule has 0 unspecified atom stereocenters. The largest absolute Gasteiger partial charge is 0.481 e. The number of rotatable bonds is 6. The molecule has 0 aliphatic carbocycles. The predicted octanol–water partition coefficient (Wildman–Crippen LogP) is 1.90. The lowest BCUT2D eigenvalue weighted by molar-refractivity contribution is -0.137. The van der Waals surface area contributed by atoms with E-state index in [9.17, 15) is 14.0 Å². The van der Waals surface area contributed by atoms with Gasteiger partial charge in [0.2, 0.25) is 5.91 Å². The molecule has 3 aromatic rings. The molecule has 0 fully saturated rings. The Morgan fingerprint density at radius 2 is 1.88 bits per heavy atom. The van der Waals surface area contributed by atoms with Crippen LogP contribution in [0, 0.1) is 5.82 Å². The maximum Gasteiger partial charge on any atom is 0.305 e. The van der Waals surface area contributed by atoms with Gasteiger partial charge in [-0.1, -0.05) is 29.5 Å². The Labute approximate surface area is 142 Å². The summed E-state index contributed by atoms with van der Waals surface area (Å²) >= 11 is 0. The Hall–Kier alpha value is -3.29. The zero-order valence-electron chi connectivity index (χ0n) is 13.1. The molecule has 1 aromatic heterocycles. The molecule has 128 valence electrons. The quantitative estimate of drug-likeness (QED) is 0.713. The van der Waals surface area contributed by atoms with Gasteiger partial charge >= 0.3 is 5.97 Å². The number of carboxylic acids is 1. The van der Waals surface area contributed by atoms with Crippen LogP contribution in [0.1, 0.15) is 18.0 Å². The first-order valence-electron chi connectivity index (χ1n) is 7.58. The first kappa shape index (κ1) is 16.6. The minimum Gasteiger partial charge on any atom is -0.481 e. The number of halogens is 1. The zero-order valence-corrected chi connectivity index (χ0v) is 13.1. The number of fused-ring (bicyclic) bond motifs is 1. The number of nitrogens with zero attached hydrogens (tertiary/aromatic N) is 3. The van der Waals surface area contributed by atoms with E-state index in [1.807, 2.05) is 12.1 Å². The average molecular weight is 342 g/mol. The number of aliphatic carboxylic acids is 1. The van der Waals surface area contributed by atoms with Crippen LogP contribution in [0.15, 0.2) is 48.5 Å². The standard InChI is InChI=1S/C17H15FN4O3/c18-12-7-5-11(6-8-12)14(9-17(24)25)19-16(23)10-22-15-4-2-1-3-13(15)20-21-22/h1-8,14H,9-10H2,(H,19,23)(H,24,25)/t14-/m1/s1. The van der Waals surface area contributed by atoms with E-state index < -0.39 is 23.7 Å². The summed E-state index contributed by atoms with van der Waals surface area (Å²) in [7, 11) is 0. The highest BCUT2D eigenvalue weighted by Gasteiger charge is 2.19. The van der Waals surface area contributed by atoms with Crippen LogP contribution >= 0.6 is 0 Å². The summed E-state index contributed by atoms with van der Waals surface area (Å²) in [5.74, 6) is -1.91. The smallest absolute Gasteiger partial charge is 0.305 e. The van der Waals surface area contributed by atoms with Crippen LogP contribution in [0.25, 0.3) is 11.0 Å². The van der Waals surface area contributed by atoms with Crippen molar-refractivity contribution in [2.24, 2.45) is 0 Å². The van der Waals surface area contributed by atoms with E-state index in [0.717, 1.165) is 0 Å². The van der Waals surface area contributed by atoms with Crippen molar-refractivity contribution in [2.75, 3.05) is 0 Å². The van der Waals surface area contributed by atoms with E-state index in [0.29, 0.717) is 16.6 Å². The van der Waals surface area contributed by atoms with Gasteiger partial charge in [0.15, 0.2) is 0 Å². The first-order chi connectivity index (χ1) is 12.0. The average Bonchev–Trinajstić information content (AvgIpc) is 2.98. The minimum absolute atomic E-state index is 0.0994. The van der Waals surface area contributed by atoms with Gasteiger partial charge in [-0.2, -0.15) is 0 Å². The Balaban J connectivity index is 1.75. The fourth-order valence-electron chi connectivity index (χ4n) is 2.53. The molecule has 2 aromatic carbocycles. The highest BCUT2D eigenvalue weighted by molar-refractivity contribution is 5.80. The summed E-state index contributed by atoms with van der Waals surface area (Å²) in [5.41, 5.74) is 1.88. The molecule has 0 saturated carbocycles. The second-order valence-electron chi connectivity index (χ2n) is 5.51. The minimum atomic E-state index is -1.07. The van der Waals surface area contributed by atoms with Crippen molar-refractivity contribution in [3.63, 3.8) is 0 Å². The fourth-order valence-corrected chi connectivity index (χ4v) is 2.53. The summed E-state index contributed by atoms with van der Waals surface area (Å²) in [6, 6.07) is 11.8. The molecule has 2 N–H and O–H groups in total. The van der Waals surface area contributed by atoms with E-state index >= 15 is 0 Å². The van der Waals surface area contributed by atoms with Gasteiger partial charge in [0.1, 0.15) is 17.9 Å². The molecular formula is C17H15FN4O3. The summed E-state index contributed by atoms with van der Waals surface area (Å²) in [5, 5.41) is 19.6. The molecule has 7 nitrogen and oxygen atoms in total. The van der Waals surface area contributed by atoms with Crippen LogP contribution in [-0.2, 0) is 16.1 Å². The van der Waals surface area contributed by atoms with Crippen molar-refractivity contribution >= 4 is 22.9 Å². The van der Waals surface area contributed by atoms with Gasteiger partial charge in [-0.25, -0.2) is 9.07 Å². The summed E-state index contributed by atoms with van der Waals surface area (Å²) < 4.78 is 14.5. The number of carbonyl (C=O) groups excluding carboxylic acids is 1. The third kappa shape index (κ3) is 3.97. The zero-order chi connectivity index (χ0) is 17.8. The van der Waals surface area contributed by atoms with Gasteiger partial charge in [-0.3, -0.25) is 9.59 Å². The monoisotopic (exact) mass is 342 g/mol. The predicted molar refractivity (Wildman–Crippen MR) is 87.1 cm³/mol. The Kier molecular flexibility index (Phi) is 4.69. The molecule has 3 rings (SSSR count). The number of para-hydroxylation sites is 1. The fraction of sp³-hybridized carbons (Fsp3) is 0.176. The van der Waals surface area contributed by atoms with Crippen molar-refractivity contribution < 1.29 is 19.1 Å². The Bertz CT molecular complexity index is 908. The van der Waals surface area contributed by atoms with Crippen molar-refractivity contribution in [2.45, 2.75) is 19.0 Å². The topological polar surface area (TPSA) is 97.1 Å². The maximum atomic E-state index is 13.1. The van der Waals surface area contributed by atoms with Gasteiger partial charge in [0.25, 0.3) is 0 Å². The third-order valence-corrected chi connectivity index (χ3v) is 3.70. The van der Waals surface area contributed by atoms with E-state index in [-0.39, 0.29) is 13.0 Å². The highest BCUT2D eigenvalue weighted by Crippen LogP contribution is 2.18. The molecule has 1 amide bonds.